The van der Waals surface area contributed by atoms with Gasteiger partial charge in [-0.3, -0.25) is 0 Å². The predicted molar refractivity (Wildman–Crippen MR) is 125 cm³/mol. The third kappa shape index (κ3) is 3.21. The van der Waals surface area contributed by atoms with Crippen molar-refractivity contribution in [3.05, 3.63) is 89.0 Å². The Kier molecular flexibility index (Phi) is 4.63. The Morgan fingerprint density at radius 3 is 2.48 bits per heavy atom. The van der Waals surface area contributed by atoms with Crippen molar-refractivity contribution in [2.75, 3.05) is 11.9 Å². The van der Waals surface area contributed by atoms with Crippen molar-refractivity contribution in [2.45, 2.75) is 20.8 Å². The van der Waals surface area contributed by atoms with Gasteiger partial charge in [0.2, 0.25) is 0 Å². The molecule has 0 unspecified atom stereocenters. The number of hydrogen-bond donors (Lipinski definition) is 1. The summed E-state index contributed by atoms with van der Waals surface area (Å²) in [4.78, 5) is 12.4. The van der Waals surface area contributed by atoms with Gasteiger partial charge in [0.1, 0.15) is 11.3 Å². The fourth-order valence-corrected chi connectivity index (χ4v) is 4.19. The molecule has 31 heavy (non-hydrogen) atoms. The third-order valence-electron chi connectivity index (χ3n) is 5.67. The number of aryl methyl sites for hydroxylation is 2. The minimum absolute atomic E-state index is 0.336. The van der Waals surface area contributed by atoms with Gasteiger partial charge in [0.05, 0.1) is 17.7 Å². The van der Waals surface area contributed by atoms with Gasteiger partial charge >= 0.3 is 5.97 Å². The number of carbonyl (C=O) groups is 1. The zero-order chi connectivity index (χ0) is 21.5. The molecule has 5 rings (SSSR count). The molecular formula is C27H23NO3. The first-order valence-corrected chi connectivity index (χ1v) is 10.4. The molecule has 0 fully saturated rings. The van der Waals surface area contributed by atoms with Crippen LogP contribution in [0.25, 0.3) is 27.9 Å². The summed E-state index contributed by atoms with van der Waals surface area (Å²) in [5.41, 5.74) is 8.81. The standard InChI is InChI=1S/C27H23NO3/c1-4-30-23(29)15-21-19-7-5-6-8-20(19)27-24(21)25-22(31-27)14-11-17(3)26(25)28-18-12-9-16(2)10-13-18/h5-15,28H,4H2,1-3H3/b21-15+. The summed E-state index contributed by atoms with van der Waals surface area (Å²) >= 11 is 0. The number of esters is 1. The van der Waals surface area contributed by atoms with Crippen LogP contribution in [-0.4, -0.2) is 12.6 Å². The molecule has 1 heterocycles. The Morgan fingerprint density at radius 1 is 1.00 bits per heavy atom. The van der Waals surface area contributed by atoms with Crippen LogP contribution in [0.5, 0.6) is 0 Å². The maximum atomic E-state index is 12.4. The Balaban J connectivity index is 1.76. The van der Waals surface area contributed by atoms with Crippen molar-refractivity contribution in [1.29, 1.82) is 0 Å². The molecule has 0 saturated heterocycles. The quantitative estimate of drug-likeness (QED) is 0.263. The van der Waals surface area contributed by atoms with E-state index >= 15 is 0 Å². The molecule has 154 valence electrons. The van der Waals surface area contributed by atoms with Crippen molar-refractivity contribution in [3.63, 3.8) is 0 Å². The first-order chi connectivity index (χ1) is 15.1. The lowest BCUT2D eigenvalue weighted by Gasteiger charge is -2.13. The number of fused-ring (bicyclic) bond motifs is 5. The number of hydrogen-bond acceptors (Lipinski definition) is 4. The summed E-state index contributed by atoms with van der Waals surface area (Å²) in [6, 6.07) is 20.4. The van der Waals surface area contributed by atoms with Crippen LogP contribution in [-0.2, 0) is 9.53 Å². The highest BCUT2D eigenvalue weighted by molar-refractivity contribution is 6.16. The van der Waals surface area contributed by atoms with E-state index in [-0.39, 0.29) is 5.97 Å². The van der Waals surface area contributed by atoms with Gasteiger partial charge in [-0.15, -0.1) is 0 Å². The highest BCUT2D eigenvalue weighted by Gasteiger charge is 2.32. The zero-order valence-electron chi connectivity index (χ0n) is 17.8. The second kappa shape index (κ2) is 7.47. The molecule has 0 amide bonds. The monoisotopic (exact) mass is 409 g/mol. The first kappa shape index (κ1) is 19.2. The van der Waals surface area contributed by atoms with E-state index in [1.165, 1.54) is 5.56 Å². The Hall–Kier alpha value is -3.79. The second-order valence-corrected chi connectivity index (χ2v) is 7.78. The lowest BCUT2D eigenvalue weighted by Crippen LogP contribution is -2.01. The van der Waals surface area contributed by atoms with Gasteiger partial charge < -0.3 is 14.5 Å². The molecule has 3 aromatic carbocycles. The number of furan rings is 1. The Bertz CT molecular complexity index is 1340. The maximum Gasteiger partial charge on any atom is 0.331 e. The number of rotatable bonds is 4. The molecular weight excluding hydrogens is 386 g/mol. The van der Waals surface area contributed by atoms with E-state index in [1.807, 2.05) is 37.3 Å². The van der Waals surface area contributed by atoms with Crippen LogP contribution in [0.3, 0.4) is 0 Å². The van der Waals surface area contributed by atoms with Crippen LogP contribution in [0, 0.1) is 13.8 Å². The predicted octanol–water partition coefficient (Wildman–Crippen LogP) is 6.77. The van der Waals surface area contributed by atoms with Crippen molar-refractivity contribution in [1.82, 2.24) is 0 Å². The lowest BCUT2D eigenvalue weighted by atomic mass is 9.99. The SMILES string of the molecule is CCOC(=O)/C=C1\c2ccccc2-c2oc3ccc(C)c(Nc4ccc(C)cc4)c3c21. The average Bonchev–Trinajstić information content (AvgIpc) is 3.28. The van der Waals surface area contributed by atoms with Crippen LogP contribution < -0.4 is 5.32 Å². The van der Waals surface area contributed by atoms with Crippen LogP contribution in [0.15, 0.2) is 71.2 Å². The molecule has 4 aromatic rings. The van der Waals surface area contributed by atoms with Gasteiger partial charge in [-0.25, -0.2) is 4.79 Å². The molecule has 0 aliphatic heterocycles. The van der Waals surface area contributed by atoms with Crippen molar-refractivity contribution in [2.24, 2.45) is 0 Å². The van der Waals surface area contributed by atoms with Crippen molar-refractivity contribution in [3.8, 4) is 11.3 Å². The summed E-state index contributed by atoms with van der Waals surface area (Å²) < 4.78 is 11.6. The van der Waals surface area contributed by atoms with Crippen molar-refractivity contribution < 1.29 is 13.9 Å². The molecule has 0 spiro atoms. The summed E-state index contributed by atoms with van der Waals surface area (Å²) in [7, 11) is 0. The van der Waals surface area contributed by atoms with Crippen LogP contribution >= 0.6 is 0 Å². The average molecular weight is 409 g/mol. The summed E-state index contributed by atoms with van der Waals surface area (Å²) in [5.74, 6) is 0.439. The lowest BCUT2D eigenvalue weighted by molar-refractivity contribution is -0.137. The zero-order valence-corrected chi connectivity index (χ0v) is 17.8. The van der Waals surface area contributed by atoms with Crippen LogP contribution in [0.2, 0.25) is 0 Å². The molecule has 0 bridgehead atoms. The molecule has 4 nitrogen and oxygen atoms in total. The topological polar surface area (TPSA) is 51.5 Å². The van der Waals surface area contributed by atoms with E-state index in [0.29, 0.717) is 6.61 Å². The summed E-state index contributed by atoms with van der Waals surface area (Å²) in [6.07, 6.45) is 1.58. The van der Waals surface area contributed by atoms with E-state index in [4.69, 9.17) is 9.15 Å². The number of anilines is 2. The molecule has 0 saturated carbocycles. The minimum Gasteiger partial charge on any atom is -0.463 e. The van der Waals surface area contributed by atoms with E-state index in [9.17, 15) is 4.79 Å². The van der Waals surface area contributed by atoms with Gasteiger partial charge in [-0.2, -0.15) is 0 Å². The van der Waals surface area contributed by atoms with Crippen LogP contribution in [0.4, 0.5) is 11.4 Å². The van der Waals surface area contributed by atoms with E-state index < -0.39 is 0 Å². The first-order valence-electron chi connectivity index (χ1n) is 10.4. The smallest absolute Gasteiger partial charge is 0.331 e. The Labute approximate surface area is 181 Å². The normalized spacial score (nSPS) is 13.3. The molecule has 1 aromatic heterocycles. The second-order valence-electron chi connectivity index (χ2n) is 7.78. The van der Waals surface area contributed by atoms with E-state index in [1.54, 1.807) is 6.08 Å². The maximum absolute atomic E-state index is 12.4. The Morgan fingerprint density at radius 2 is 1.74 bits per heavy atom. The van der Waals surface area contributed by atoms with E-state index in [0.717, 1.165) is 55.9 Å². The largest absolute Gasteiger partial charge is 0.463 e. The fraction of sp³-hybridized carbons (Fsp3) is 0.148. The molecule has 1 N–H and O–H groups in total. The highest BCUT2D eigenvalue weighted by Crippen LogP contribution is 2.51. The number of nitrogens with one attached hydrogen (secondary N) is 1. The van der Waals surface area contributed by atoms with E-state index in [2.05, 4.69) is 49.5 Å². The van der Waals surface area contributed by atoms with Crippen LogP contribution in [0.1, 0.15) is 29.2 Å². The molecule has 4 heteroatoms. The molecule has 1 aliphatic carbocycles. The van der Waals surface area contributed by atoms with Gasteiger partial charge in [0.25, 0.3) is 0 Å². The molecule has 0 atom stereocenters. The highest BCUT2D eigenvalue weighted by atomic mass is 16.5. The summed E-state index contributed by atoms with van der Waals surface area (Å²) in [5, 5.41) is 4.56. The third-order valence-corrected chi connectivity index (χ3v) is 5.67. The minimum atomic E-state index is -0.352. The van der Waals surface area contributed by atoms with Gasteiger partial charge in [0.15, 0.2) is 0 Å². The van der Waals surface area contributed by atoms with Gasteiger partial charge in [-0.1, -0.05) is 48.0 Å². The van der Waals surface area contributed by atoms with Gasteiger partial charge in [0, 0.05) is 28.5 Å². The number of carbonyl (C=O) groups excluding carboxylic acids is 1. The van der Waals surface area contributed by atoms with Crippen molar-refractivity contribution >= 4 is 33.9 Å². The molecule has 1 aliphatic rings. The number of benzene rings is 3. The van der Waals surface area contributed by atoms with Gasteiger partial charge in [-0.05, 0) is 50.1 Å². The molecule has 0 radical (unpaired) electrons. The summed E-state index contributed by atoms with van der Waals surface area (Å²) in [6.45, 7) is 6.29. The fourth-order valence-electron chi connectivity index (χ4n) is 4.19. The number of ether oxygens (including phenoxy) is 1.